The van der Waals surface area contributed by atoms with Crippen LogP contribution in [0.1, 0.15) is 153 Å². The monoisotopic (exact) mass is 837 g/mol. The first-order valence-corrected chi connectivity index (χ1v) is 24.7. The molecule has 7 rings (SSSR count). The van der Waals surface area contributed by atoms with Gasteiger partial charge < -0.3 is 31.5 Å². The van der Waals surface area contributed by atoms with E-state index in [-0.39, 0.29) is 0 Å². The molecule has 0 bridgehead atoms. The van der Waals surface area contributed by atoms with Crippen molar-refractivity contribution in [2.45, 2.75) is 154 Å². The number of rotatable bonds is 24. The van der Waals surface area contributed by atoms with Gasteiger partial charge in [-0.15, -0.1) is 0 Å². The molecular formula is C56H76N4O2. The molecule has 0 aromatic heterocycles. The summed E-state index contributed by atoms with van der Waals surface area (Å²) in [5, 5.41) is 34.2. The van der Waals surface area contributed by atoms with E-state index in [1.165, 1.54) is 88.4 Å². The molecule has 0 spiro atoms. The maximum Gasteiger partial charge on any atom is 0.0728 e. The van der Waals surface area contributed by atoms with Gasteiger partial charge in [0.05, 0.1) is 23.6 Å². The molecule has 332 valence electrons. The molecule has 0 atom stereocenters. The highest BCUT2D eigenvalue weighted by atomic mass is 16.3. The van der Waals surface area contributed by atoms with Gasteiger partial charge in [0.2, 0.25) is 0 Å². The van der Waals surface area contributed by atoms with Crippen molar-refractivity contribution in [3.8, 4) is 0 Å². The Hall–Kier alpha value is -4.52. The van der Waals surface area contributed by atoms with Gasteiger partial charge in [-0.3, -0.25) is 0 Å². The topological polar surface area (TPSA) is 99.0 Å². The molecule has 0 aliphatic heterocycles. The van der Waals surface area contributed by atoms with Crippen LogP contribution in [0.25, 0.3) is 43.1 Å². The van der Waals surface area contributed by atoms with Crippen LogP contribution in [0.5, 0.6) is 0 Å². The summed E-state index contributed by atoms with van der Waals surface area (Å²) in [5.74, 6) is -1.08. The lowest BCUT2D eigenvalue weighted by molar-refractivity contribution is -0.0765. The summed E-state index contributed by atoms with van der Waals surface area (Å²) < 4.78 is 0. The van der Waals surface area contributed by atoms with E-state index in [0.29, 0.717) is 11.4 Å². The number of benzene rings is 6. The first-order valence-electron chi connectivity index (χ1n) is 24.7. The molecule has 6 aromatic carbocycles. The Morgan fingerprint density at radius 2 is 0.694 bits per heavy atom. The highest BCUT2D eigenvalue weighted by Gasteiger charge is 2.53. The van der Waals surface area contributed by atoms with Gasteiger partial charge >= 0.3 is 0 Å². The first-order chi connectivity index (χ1) is 30.4. The van der Waals surface area contributed by atoms with Crippen molar-refractivity contribution in [2.24, 2.45) is 0 Å². The molecule has 6 aromatic rings. The molecule has 0 unspecified atom stereocenters. The molecule has 6 heteroatoms. The van der Waals surface area contributed by atoms with Gasteiger partial charge in [0.25, 0.3) is 0 Å². The second kappa shape index (κ2) is 21.7. The summed E-state index contributed by atoms with van der Waals surface area (Å²) >= 11 is 0. The summed E-state index contributed by atoms with van der Waals surface area (Å²) in [7, 11) is 0. The van der Waals surface area contributed by atoms with Gasteiger partial charge in [0.1, 0.15) is 0 Å². The van der Waals surface area contributed by atoms with Crippen LogP contribution in [0.4, 0.5) is 22.7 Å². The molecule has 0 heterocycles. The Kier molecular flexibility index (Phi) is 15.9. The third-order valence-corrected chi connectivity index (χ3v) is 14.1. The van der Waals surface area contributed by atoms with E-state index in [1.54, 1.807) is 0 Å². The molecule has 0 saturated heterocycles. The fraction of sp³-hybridized carbons (Fsp3) is 0.500. The Balaban J connectivity index is 1.36. The molecular weight excluding hydrogens is 761 g/mol. The molecule has 0 radical (unpaired) electrons. The summed E-state index contributed by atoms with van der Waals surface area (Å²) in [6.45, 7) is 13.0. The minimum absolute atomic E-state index is 0.541. The van der Waals surface area contributed by atoms with Gasteiger partial charge in [0.15, 0.2) is 0 Å². The zero-order valence-corrected chi connectivity index (χ0v) is 38.5. The Bertz CT molecular complexity index is 2190. The van der Waals surface area contributed by atoms with Crippen molar-refractivity contribution in [3.05, 3.63) is 96.1 Å². The second-order valence-electron chi connectivity index (χ2n) is 18.4. The number of nitrogens with two attached hydrogens (primary N) is 2. The average Bonchev–Trinajstić information content (AvgIpc) is 3.28. The van der Waals surface area contributed by atoms with E-state index in [4.69, 9.17) is 11.5 Å². The van der Waals surface area contributed by atoms with E-state index in [2.05, 4.69) is 110 Å². The molecule has 6 N–H and O–H groups in total. The Morgan fingerprint density at radius 1 is 0.387 bits per heavy atom. The largest absolute Gasteiger partial charge is 0.398 e. The summed E-state index contributed by atoms with van der Waals surface area (Å²) in [5.41, 5.74) is 19.9. The quantitative estimate of drug-likeness (QED) is 0.0275. The predicted molar refractivity (Wildman–Crippen MR) is 270 cm³/mol. The van der Waals surface area contributed by atoms with Crippen LogP contribution in [-0.2, 0) is 0 Å². The standard InChI is InChI=1S/C56H76N4O2/c1-5-9-13-21-35-59(36-22-14-10-6-2)53-41-29-19-17-27-39(41)49(47-43(53)31-25-33-45(47)57)51-55(61)52(56(51)62)50-40-28-18-20-30-42(40)54(44-32-26-34-46(58)48(44)50)60(37-23-15-11-7-3)38-24-16-12-8-4/h17-20,25-34,51-52,55-56,61-62H,5-16,21-24,35-38,57-58H2,1-4H3. The molecule has 1 fully saturated rings. The highest BCUT2D eigenvalue weighted by Crippen LogP contribution is 2.57. The minimum atomic E-state index is -0.863. The van der Waals surface area contributed by atoms with Crippen molar-refractivity contribution in [3.63, 3.8) is 0 Å². The van der Waals surface area contributed by atoms with Gasteiger partial charge in [-0.1, -0.05) is 178 Å². The first kappa shape index (κ1) is 45.5. The van der Waals surface area contributed by atoms with Gasteiger partial charge in [-0.25, -0.2) is 0 Å². The molecule has 1 aliphatic carbocycles. The number of anilines is 4. The minimum Gasteiger partial charge on any atom is -0.398 e. The second-order valence-corrected chi connectivity index (χ2v) is 18.4. The molecule has 1 saturated carbocycles. The van der Waals surface area contributed by atoms with Crippen molar-refractivity contribution < 1.29 is 10.2 Å². The van der Waals surface area contributed by atoms with Crippen molar-refractivity contribution in [2.75, 3.05) is 47.4 Å². The highest BCUT2D eigenvalue weighted by molar-refractivity contribution is 6.19. The fourth-order valence-electron chi connectivity index (χ4n) is 10.9. The number of hydrogen-bond donors (Lipinski definition) is 4. The van der Waals surface area contributed by atoms with Crippen molar-refractivity contribution in [1.29, 1.82) is 0 Å². The summed E-state index contributed by atoms with van der Waals surface area (Å²) in [6, 6.07) is 29.9. The zero-order chi connectivity index (χ0) is 43.6. The number of aliphatic hydroxyl groups is 2. The van der Waals surface area contributed by atoms with Gasteiger partial charge in [-0.05, 0) is 59.7 Å². The number of nitrogen functional groups attached to an aromatic ring is 2. The summed E-state index contributed by atoms with van der Waals surface area (Å²) in [6.07, 6.45) is 17.5. The third-order valence-electron chi connectivity index (χ3n) is 14.1. The van der Waals surface area contributed by atoms with Crippen LogP contribution in [-0.4, -0.2) is 48.6 Å². The Labute approximate surface area is 372 Å². The van der Waals surface area contributed by atoms with Gasteiger partial charge in [0, 0.05) is 81.7 Å². The number of aliphatic hydroxyl groups excluding tert-OH is 2. The number of fused-ring (bicyclic) bond motifs is 4. The zero-order valence-electron chi connectivity index (χ0n) is 38.5. The van der Waals surface area contributed by atoms with Crippen LogP contribution >= 0.6 is 0 Å². The van der Waals surface area contributed by atoms with Crippen LogP contribution in [0.3, 0.4) is 0 Å². The van der Waals surface area contributed by atoms with Crippen molar-refractivity contribution in [1.82, 2.24) is 0 Å². The van der Waals surface area contributed by atoms with E-state index in [1.807, 2.05) is 12.1 Å². The van der Waals surface area contributed by atoms with Crippen LogP contribution in [0.15, 0.2) is 84.9 Å². The average molecular weight is 837 g/mol. The predicted octanol–water partition coefficient (Wildman–Crippen LogP) is 14.0. The van der Waals surface area contributed by atoms with E-state index < -0.39 is 24.0 Å². The van der Waals surface area contributed by atoms with Crippen LogP contribution < -0.4 is 21.3 Å². The van der Waals surface area contributed by atoms with E-state index >= 15 is 0 Å². The normalized spacial score (nSPS) is 17.6. The molecule has 6 nitrogen and oxygen atoms in total. The maximum absolute atomic E-state index is 12.8. The Morgan fingerprint density at radius 3 is 1.02 bits per heavy atom. The number of hydrogen-bond acceptors (Lipinski definition) is 6. The number of unbranched alkanes of at least 4 members (excludes halogenated alkanes) is 12. The van der Waals surface area contributed by atoms with Crippen LogP contribution in [0.2, 0.25) is 0 Å². The smallest absolute Gasteiger partial charge is 0.0728 e. The third kappa shape index (κ3) is 9.24. The lowest BCUT2D eigenvalue weighted by Crippen LogP contribution is -2.52. The number of nitrogens with zero attached hydrogens (tertiary/aromatic N) is 2. The lowest BCUT2D eigenvalue weighted by Gasteiger charge is -2.49. The van der Waals surface area contributed by atoms with E-state index in [9.17, 15) is 10.2 Å². The molecule has 62 heavy (non-hydrogen) atoms. The fourth-order valence-corrected chi connectivity index (χ4v) is 10.9. The maximum atomic E-state index is 12.8. The van der Waals surface area contributed by atoms with Gasteiger partial charge in [-0.2, -0.15) is 0 Å². The van der Waals surface area contributed by atoms with Crippen LogP contribution in [0, 0.1) is 0 Å². The molecule has 0 amide bonds. The lowest BCUT2D eigenvalue weighted by atomic mass is 9.60. The summed E-state index contributed by atoms with van der Waals surface area (Å²) in [4.78, 5) is 5.24. The molecule has 1 aliphatic rings. The SMILES string of the molecule is CCCCCCN(CCCCCC)c1c2ccccc2c(C2C(O)C(c3c4ccccc4c(N(CCCCCC)CCCCCC)c4cccc(N)c34)C2O)c2c(N)cccc12. The van der Waals surface area contributed by atoms with Crippen molar-refractivity contribution >= 4 is 65.8 Å². The van der Waals surface area contributed by atoms with E-state index in [0.717, 1.165) is 106 Å².